The molecule has 1 aliphatic rings. The first kappa shape index (κ1) is 13.8. The van der Waals surface area contributed by atoms with E-state index in [1.54, 1.807) is 19.9 Å². The monoisotopic (exact) mass is 286 g/mol. The summed E-state index contributed by atoms with van der Waals surface area (Å²) in [5, 5.41) is 9.51. The number of ether oxygens (including phenoxy) is 3. The van der Waals surface area contributed by atoms with Gasteiger partial charge in [-0.25, -0.2) is 0 Å². The van der Waals surface area contributed by atoms with Crippen molar-refractivity contribution >= 4 is 17.6 Å². The molecule has 0 unspecified atom stereocenters. The highest BCUT2D eigenvalue weighted by Gasteiger charge is 2.31. The zero-order valence-corrected chi connectivity index (χ0v) is 11.7. The van der Waals surface area contributed by atoms with Crippen LogP contribution in [0.4, 0.5) is 0 Å². The summed E-state index contributed by atoms with van der Waals surface area (Å²) in [5.74, 6) is 0.501. The number of halogens is 1. The summed E-state index contributed by atoms with van der Waals surface area (Å²) in [7, 11) is 1.49. The fraction of sp³-hybridized carbons (Fsp3) is 0.462. The van der Waals surface area contributed by atoms with Crippen LogP contribution in [0.1, 0.15) is 19.4 Å². The van der Waals surface area contributed by atoms with E-state index in [4.69, 9.17) is 25.8 Å². The average molecular weight is 287 g/mol. The summed E-state index contributed by atoms with van der Waals surface area (Å²) >= 11 is 6.19. The lowest BCUT2D eigenvalue weighted by molar-refractivity contribution is -0.146. The van der Waals surface area contributed by atoms with Gasteiger partial charge in [-0.15, -0.1) is 0 Å². The van der Waals surface area contributed by atoms with Crippen LogP contribution in [0.3, 0.4) is 0 Å². The Morgan fingerprint density at radius 3 is 2.79 bits per heavy atom. The van der Waals surface area contributed by atoms with Crippen molar-refractivity contribution in [3.05, 3.63) is 16.7 Å². The largest absolute Gasteiger partial charge is 0.495 e. The summed E-state index contributed by atoms with van der Waals surface area (Å²) in [6.07, 6.45) is 0.280. The Labute approximate surface area is 116 Å². The number of rotatable bonds is 4. The Morgan fingerprint density at radius 2 is 2.21 bits per heavy atom. The van der Waals surface area contributed by atoms with Gasteiger partial charge >= 0.3 is 5.97 Å². The lowest BCUT2D eigenvalue weighted by atomic mass is 9.85. The molecule has 5 nitrogen and oxygen atoms in total. The number of carboxylic acid groups (broad SMARTS) is 1. The van der Waals surface area contributed by atoms with Crippen molar-refractivity contribution in [2.24, 2.45) is 5.41 Å². The molecule has 0 bridgehead atoms. The molecule has 6 heteroatoms. The second kappa shape index (κ2) is 4.81. The van der Waals surface area contributed by atoms with E-state index in [1.807, 2.05) is 0 Å². The third-order valence-electron chi connectivity index (χ3n) is 3.05. The maximum absolute atomic E-state index is 11.2. The third kappa shape index (κ3) is 2.42. The highest BCUT2D eigenvalue weighted by molar-refractivity contribution is 6.34. The third-order valence-corrected chi connectivity index (χ3v) is 3.40. The maximum Gasteiger partial charge on any atom is 0.309 e. The van der Waals surface area contributed by atoms with E-state index < -0.39 is 11.4 Å². The molecule has 0 atom stereocenters. The molecule has 0 saturated heterocycles. The van der Waals surface area contributed by atoms with Gasteiger partial charge in [-0.05, 0) is 26.3 Å². The lowest BCUT2D eigenvalue weighted by Gasteiger charge is -2.21. The second-order valence-electron chi connectivity index (χ2n) is 4.98. The van der Waals surface area contributed by atoms with Gasteiger partial charge in [0.1, 0.15) is 10.8 Å². The van der Waals surface area contributed by atoms with Crippen LogP contribution in [0.15, 0.2) is 6.07 Å². The first-order chi connectivity index (χ1) is 8.86. The van der Waals surface area contributed by atoms with E-state index in [1.165, 1.54) is 7.11 Å². The van der Waals surface area contributed by atoms with E-state index in [-0.39, 0.29) is 13.2 Å². The Bertz CT molecular complexity index is 524. The standard InChI is InChI=1S/C13H15ClO5/c1-13(2,12(15)16)5-7-4-8-11(19-6-18-8)9(14)10(7)17-3/h4H,5-6H2,1-3H3,(H,15,16). The first-order valence-corrected chi connectivity index (χ1v) is 6.13. The summed E-state index contributed by atoms with van der Waals surface area (Å²) < 4.78 is 15.8. The predicted octanol–water partition coefficient (Wildman–Crippen LogP) is 2.73. The molecular weight excluding hydrogens is 272 g/mol. The normalized spacial score (nSPS) is 13.5. The van der Waals surface area contributed by atoms with Crippen LogP contribution in [0.5, 0.6) is 17.2 Å². The van der Waals surface area contributed by atoms with Gasteiger partial charge in [-0.2, -0.15) is 0 Å². The second-order valence-corrected chi connectivity index (χ2v) is 5.36. The lowest BCUT2D eigenvalue weighted by Crippen LogP contribution is -2.26. The molecule has 104 valence electrons. The van der Waals surface area contributed by atoms with E-state index in [0.29, 0.717) is 27.8 Å². The number of methoxy groups -OCH3 is 1. The van der Waals surface area contributed by atoms with Crippen molar-refractivity contribution < 1.29 is 24.1 Å². The molecule has 0 fully saturated rings. The van der Waals surface area contributed by atoms with Gasteiger partial charge in [0.2, 0.25) is 6.79 Å². The maximum atomic E-state index is 11.2. The Kier molecular flexibility index (Phi) is 3.49. The van der Waals surface area contributed by atoms with Crippen LogP contribution in [0.25, 0.3) is 0 Å². The van der Waals surface area contributed by atoms with Crippen molar-refractivity contribution in [1.82, 2.24) is 0 Å². The number of benzene rings is 1. The Hall–Kier alpha value is -1.62. The van der Waals surface area contributed by atoms with E-state index in [9.17, 15) is 9.90 Å². The zero-order chi connectivity index (χ0) is 14.2. The summed E-state index contributed by atoms with van der Waals surface area (Å²) in [4.78, 5) is 11.2. The van der Waals surface area contributed by atoms with Crippen LogP contribution >= 0.6 is 11.6 Å². The van der Waals surface area contributed by atoms with Crippen LogP contribution in [0, 0.1) is 5.41 Å². The molecule has 1 aromatic carbocycles. The molecule has 1 aromatic rings. The molecule has 0 amide bonds. The summed E-state index contributed by atoms with van der Waals surface area (Å²) in [5.41, 5.74) is -0.242. The fourth-order valence-corrected chi connectivity index (χ4v) is 2.29. The van der Waals surface area contributed by atoms with Gasteiger partial charge in [0.05, 0.1) is 12.5 Å². The highest BCUT2D eigenvalue weighted by atomic mass is 35.5. The van der Waals surface area contributed by atoms with Crippen molar-refractivity contribution in [2.45, 2.75) is 20.3 Å². The topological polar surface area (TPSA) is 65.0 Å². The van der Waals surface area contributed by atoms with Gasteiger partial charge in [-0.1, -0.05) is 11.6 Å². The van der Waals surface area contributed by atoms with Crippen LogP contribution in [-0.4, -0.2) is 25.0 Å². The number of hydrogen-bond acceptors (Lipinski definition) is 4. The zero-order valence-electron chi connectivity index (χ0n) is 10.9. The van der Waals surface area contributed by atoms with Crippen molar-refractivity contribution in [1.29, 1.82) is 0 Å². The molecule has 19 heavy (non-hydrogen) atoms. The molecule has 1 heterocycles. The summed E-state index contributed by atoms with van der Waals surface area (Å²) in [6.45, 7) is 3.39. The number of fused-ring (bicyclic) bond motifs is 1. The number of carbonyl (C=O) groups is 1. The van der Waals surface area contributed by atoms with E-state index in [0.717, 1.165) is 0 Å². The minimum Gasteiger partial charge on any atom is -0.495 e. The molecule has 2 rings (SSSR count). The number of aliphatic carboxylic acids is 1. The summed E-state index contributed by atoms with van der Waals surface area (Å²) in [6, 6.07) is 1.72. The minimum absolute atomic E-state index is 0.101. The Balaban J connectivity index is 2.46. The molecule has 0 radical (unpaired) electrons. The van der Waals surface area contributed by atoms with Gasteiger partial charge in [0.25, 0.3) is 0 Å². The van der Waals surface area contributed by atoms with Crippen LogP contribution in [-0.2, 0) is 11.2 Å². The molecule has 0 aromatic heterocycles. The van der Waals surface area contributed by atoms with Crippen molar-refractivity contribution in [3.8, 4) is 17.2 Å². The molecule has 1 aliphatic heterocycles. The quantitative estimate of drug-likeness (QED) is 0.922. The molecule has 1 N–H and O–H groups in total. The molecule has 0 aliphatic carbocycles. The Morgan fingerprint density at radius 1 is 1.53 bits per heavy atom. The van der Waals surface area contributed by atoms with E-state index >= 15 is 0 Å². The van der Waals surface area contributed by atoms with Gasteiger partial charge in [0.15, 0.2) is 11.5 Å². The number of carboxylic acids is 1. The van der Waals surface area contributed by atoms with Crippen molar-refractivity contribution in [3.63, 3.8) is 0 Å². The van der Waals surface area contributed by atoms with Gasteiger partial charge in [-0.3, -0.25) is 4.79 Å². The molecule has 0 spiro atoms. The first-order valence-electron chi connectivity index (χ1n) is 5.75. The van der Waals surface area contributed by atoms with E-state index in [2.05, 4.69) is 0 Å². The van der Waals surface area contributed by atoms with Gasteiger partial charge < -0.3 is 19.3 Å². The van der Waals surface area contributed by atoms with Crippen molar-refractivity contribution in [2.75, 3.05) is 13.9 Å². The van der Waals surface area contributed by atoms with Crippen LogP contribution < -0.4 is 14.2 Å². The fourth-order valence-electron chi connectivity index (χ4n) is 1.94. The average Bonchev–Trinajstić information content (AvgIpc) is 2.77. The number of hydrogen-bond donors (Lipinski definition) is 1. The van der Waals surface area contributed by atoms with Gasteiger partial charge in [0, 0.05) is 5.56 Å². The minimum atomic E-state index is -0.926. The molecule has 0 saturated carbocycles. The molecular formula is C13H15ClO5. The predicted molar refractivity (Wildman–Crippen MR) is 69.2 cm³/mol. The highest BCUT2D eigenvalue weighted by Crippen LogP contribution is 2.47. The SMILES string of the molecule is COc1c(CC(C)(C)C(=O)O)cc2c(c1Cl)OCO2. The van der Waals surface area contributed by atoms with Crippen LogP contribution in [0.2, 0.25) is 5.02 Å². The smallest absolute Gasteiger partial charge is 0.309 e.